The summed E-state index contributed by atoms with van der Waals surface area (Å²) in [6.07, 6.45) is -2.56. The maximum absolute atomic E-state index is 12.3. The van der Waals surface area contributed by atoms with Crippen molar-refractivity contribution in [2.75, 3.05) is 6.61 Å². The lowest BCUT2D eigenvalue weighted by atomic mass is 10.2. The van der Waals surface area contributed by atoms with E-state index < -0.39 is 6.36 Å². The fraction of sp³-hybridized carbons (Fsp3) is 0.318. The minimum Gasteiger partial charge on any atom is -0.477 e. The summed E-state index contributed by atoms with van der Waals surface area (Å²) in [5.74, 6) is 1.79. The van der Waals surface area contributed by atoms with Gasteiger partial charge in [0.25, 0.3) is 5.89 Å². The van der Waals surface area contributed by atoms with Crippen LogP contribution in [0.2, 0.25) is 0 Å². The minimum absolute atomic E-state index is 0.0861. The molecule has 0 saturated carbocycles. The average Bonchev–Trinajstić information content (AvgIpc) is 3.40. The molecule has 0 atom stereocenters. The number of aryl methyl sites for hydroxylation is 1. The predicted molar refractivity (Wildman–Crippen MR) is 114 cm³/mol. The summed E-state index contributed by atoms with van der Waals surface area (Å²) >= 11 is 0. The molecule has 0 N–H and O–H groups in total. The third-order valence-corrected chi connectivity index (χ3v) is 4.54. The number of hydrogen-bond acceptors (Lipinski definition) is 8. The van der Waals surface area contributed by atoms with E-state index in [1.54, 1.807) is 17.9 Å². The summed E-state index contributed by atoms with van der Waals surface area (Å²) in [4.78, 5) is 13.0. The lowest BCUT2D eigenvalue weighted by Gasteiger charge is -2.08. The van der Waals surface area contributed by atoms with E-state index >= 15 is 0 Å². The number of nitrogens with zero attached hydrogens (tertiary/aromatic N) is 6. The summed E-state index contributed by atoms with van der Waals surface area (Å²) in [5.41, 5.74) is 1.37. The van der Waals surface area contributed by atoms with Crippen LogP contribution in [0, 0.1) is 5.92 Å². The number of hydrogen-bond donors (Lipinski definition) is 0. The molecular formula is C22H21F3N6O3. The molecule has 0 fully saturated rings. The Kier molecular flexibility index (Phi) is 6.48. The van der Waals surface area contributed by atoms with Crippen LogP contribution in [0.3, 0.4) is 0 Å². The average molecular weight is 474 g/mol. The van der Waals surface area contributed by atoms with E-state index in [-0.39, 0.29) is 23.3 Å². The van der Waals surface area contributed by atoms with E-state index in [1.807, 2.05) is 12.1 Å². The van der Waals surface area contributed by atoms with Crippen LogP contribution in [0.1, 0.15) is 25.2 Å². The molecule has 0 aliphatic carbocycles. The number of aromatic nitrogens is 6. The first kappa shape index (κ1) is 23.2. The number of halogens is 3. The van der Waals surface area contributed by atoms with E-state index in [4.69, 9.17) is 9.26 Å². The zero-order chi connectivity index (χ0) is 24.3. The molecule has 3 aromatic heterocycles. The molecular weight excluding hydrogens is 453 g/mol. The van der Waals surface area contributed by atoms with Gasteiger partial charge >= 0.3 is 6.36 Å². The molecule has 0 aliphatic heterocycles. The smallest absolute Gasteiger partial charge is 0.477 e. The van der Waals surface area contributed by atoms with Crippen molar-refractivity contribution < 1.29 is 27.2 Å². The molecule has 0 amide bonds. The van der Waals surface area contributed by atoms with Crippen molar-refractivity contribution in [2.45, 2.75) is 26.6 Å². The van der Waals surface area contributed by atoms with E-state index in [0.29, 0.717) is 36.2 Å². The van der Waals surface area contributed by atoms with Gasteiger partial charge in [0.1, 0.15) is 11.6 Å². The van der Waals surface area contributed by atoms with Crippen LogP contribution >= 0.6 is 0 Å². The molecule has 0 unspecified atom stereocenters. The van der Waals surface area contributed by atoms with Crippen LogP contribution < -0.4 is 9.47 Å². The second-order valence-corrected chi connectivity index (χ2v) is 7.86. The predicted octanol–water partition coefficient (Wildman–Crippen LogP) is 4.45. The second-order valence-electron chi connectivity index (χ2n) is 7.86. The molecule has 178 valence electrons. The number of rotatable bonds is 8. The minimum atomic E-state index is -4.76. The monoisotopic (exact) mass is 474 g/mol. The highest BCUT2D eigenvalue weighted by Crippen LogP contribution is 2.26. The standard InChI is InChI=1S/C22H21F3N6O3/c1-13(2)12-32-18-9-4-14(11-26-18)10-17-27-20(29-31(17)3)21-28-19(30-34-21)15-5-7-16(8-6-15)33-22(23,24)25/h4-9,11,13H,10,12H2,1-3H3. The Bertz CT molecular complexity index is 1230. The Balaban J connectivity index is 1.44. The van der Waals surface area contributed by atoms with Gasteiger partial charge < -0.3 is 14.0 Å². The van der Waals surface area contributed by atoms with Gasteiger partial charge in [-0.15, -0.1) is 18.3 Å². The Hall–Kier alpha value is -3.96. The maximum Gasteiger partial charge on any atom is 0.573 e. The Morgan fingerprint density at radius 1 is 1.03 bits per heavy atom. The molecule has 9 nitrogen and oxygen atoms in total. The number of ether oxygens (including phenoxy) is 2. The molecule has 3 heterocycles. The highest BCUT2D eigenvalue weighted by molar-refractivity contribution is 5.57. The molecule has 0 spiro atoms. The Labute approximate surface area is 192 Å². The molecule has 4 rings (SSSR count). The van der Waals surface area contributed by atoms with E-state index in [9.17, 15) is 13.2 Å². The molecule has 1 aromatic carbocycles. The largest absolute Gasteiger partial charge is 0.573 e. The molecule has 34 heavy (non-hydrogen) atoms. The number of pyridine rings is 1. The lowest BCUT2D eigenvalue weighted by Crippen LogP contribution is -2.16. The topological polar surface area (TPSA) is 101 Å². The van der Waals surface area contributed by atoms with Gasteiger partial charge in [-0.05, 0) is 35.7 Å². The van der Waals surface area contributed by atoms with Crippen molar-refractivity contribution in [1.82, 2.24) is 29.9 Å². The quantitative estimate of drug-likeness (QED) is 0.369. The van der Waals surface area contributed by atoms with E-state index in [1.165, 1.54) is 24.3 Å². The Morgan fingerprint density at radius 2 is 1.79 bits per heavy atom. The van der Waals surface area contributed by atoms with Gasteiger partial charge in [-0.1, -0.05) is 25.1 Å². The maximum atomic E-state index is 12.3. The number of alkyl halides is 3. The summed E-state index contributed by atoms with van der Waals surface area (Å²) in [6, 6.07) is 8.85. The fourth-order valence-corrected chi connectivity index (χ4v) is 2.93. The summed E-state index contributed by atoms with van der Waals surface area (Å²) in [7, 11) is 1.75. The van der Waals surface area contributed by atoms with Gasteiger partial charge in [0.2, 0.25) is 17.5 Å². The van der Waals surface area contributed by atoms with Crippen molar-refractivity contribution in [2.24, 2.45) is 13.0 Å². The van der Waals surface area contributed by atoms with E-state index in [2.05, 4.69) is 43.8 Å². The molecule has 4 aromatic rings. The van der Waals surface area contributed by atoms with Crippen molar-refractivity contribution >= 4 is 0 Å². The highest BCUT2D eigenvalue weighted by Gasteiger charge is 2.31. The van der Waals surface area contributed by atoms with Crippen molar-refractivity contribution in [1.29, 1.82) is 0 Å². The summed E-state index contributed by atoms with van der Waals surface area (Å²) < 4.78 is 53.3. The molecule has 0 saturated heterocycles. The molecule has 0 aliphatic rings. The normalized spacial score (nSPS) is 11.7. The van der Waals surface area contributed by atoms with Crippen LogP contribution in [0.25, 0.3) is 23.1 Å². The van der Waals surface area contributed by atoms with Gasteiger partial charge in [-0.25, -0.2) is 9.97 Å². The molecule has 0 bridgehead atoms. The Morgan fingerprint density at radius 3 is 2.44 bits per heavy atom. The molecule has 0 radical (unpaired) electrons. The summed E-state index contributed by atoms with van der Waals surface area (Å²) in [5, 5.41) is 8.19. The van der Waals surface area contributed by atoms with Crippen LogP contribution in [0.5, 0.6) is 11.6 Å². The first-order chi connectivity index (χ1) is 16.2. The van der Waals surface area contributed by atoms with Gasteiger partial charge in [0.15, 0.2) is 0 Å². The third-order valence-electron chi connectivity index (χ3n) is 4.54. The SMILES string of the molecule is CC(C)COc1ccc(Cc2nc(-c3nc(-c4ccc(OC(F)(F)F)cc4)no3)nn2C)cn1. The van der Waals surface area contributed by atoms with Crippen LogP contribution in [-0.4, -0.2) is 42.9 Å². The summed E-state index contributed by atoms with van der Waals surface area (Å²) in [6.45, 7) is 4.72. The van der Waals surface area contributed by atoms with E-state index in [0.717, 1.165) is 5.56 Å². The molecule has 12 heteroatoms. The second kappa shape index (κ2) is 9.49. The third kappa shape index (κ3) is 5.88. The van der Waals surface area contributed by atoms with Gasteiger partial charge in [-0.2, -0.15) is 4.98 Å². The van der Waals surface area contributed by atoms with Crippen LogP contribution in [0.4, 0.5) is 13.2 Å². The zero-order valence-corrected chi connectivity index (χ0v) is 18.6. The first-order valence-electron chi connectivity index (χ1n) is 10.3. The van der Waals surface area contributed by atoms with Crippen molar-refractivity contribution in [3.63, 3.8) is 0 Å². The van der Waals surface area contributed by atoms with Gasteiger partial charge in [0, 0.05) is 31.3 Å². The van der Waals surface area contributed by atoms with Gasteiger partial charge in [-0.3, -0.25) is 4.68 Å². The zero-order valence-electron chi connectivity index (χ0n) is 18.6. The fourth-order valence-electron chi connectivity index (χ4n) is 2.93. The number of benzene rings is 1. The van der Waals surface area contributed by atoms with Crippen molar-refractivity contribution in [3.05, 3.63) is 54.0 Å². The lowest BCUT2D eigenvalue weighted by molar-refractivity contribution is -0.274. The highest BCUT2D eigenvalue weighted by atomic mass is 19.4. The van der Waals surface area contributed by atoms with Crippen molar-refractivity contribution in [3.8, 4) is 34.7 Å². The first-order valence-corrected chi connectivity index (χ1v) is 10.3. The van der Waals surface area contributed by atoms with Crippen LogP contribution in [-0.2, 0) is 13.5 Å². The van der Waals surface area contributed by atoms with Crippen LogP contribution in [0.15, 0.2) is 47.1 Å². The van der Waals surface area contributed by atoms with Gasteiger partial charge in [0.05, 0.1) is 6.61 Å².